The summed E-state index contributed by atoms with van der Waals surface area (Å²) in [7, 11) is 3.19. The number of methoxy groups -OCH3 is 2. The summed E-state index contributed by atoms with van der Waals surface area (Å²) in [5.41, 5.74) is 1.65. The van der Waals surface area contributed by atoms with E-state index in [1.54, 1.807) is 32.4 Å². The van der Waals surface area contributed by atoms with Crippen molar-refractivity contribution in [1.82, 2.24) is 0 Å². The summed E-state index contributed by atoms with van der Waals surface area (Å²) in [6, 6.07) is 10.5. The Labute approximate surface area is 135 Å². The van der Waals surface area contributed by atoms with Gasteiger partial charge in [0.1, 0.15) is 11.5 Å². The fourth-order valence-corrected chi connectivity index (χ4v) is 2.92. The molecule has 0 amide bonds. The molecule has 122 valence electrons. The number of phenolic OH excluding ortho intramolecular Hbond substituents is 1. The second kappa shape index (κ2) is 6.38. The van der Waals surface area contributed by atoms with Crippen molar-refractivity contribution in [2.75, 3.05) is 20.8 Å². The second-order valence-corrected chi connectivity index (χ2v) is 5.63. The number of aromatic hydroxyl groups is 1. The number of aliphatic hydroxyl groups is 1. The second-order valence-electron chi connectivity index (χ2n) is 5.63. The molecule has 2 aromatic carbocycles. The van der Waals surface area contributed by atoms with Crippen molar-refractivity contribution in [3.63, 3.8) is 0 Å². The number of rotatable bonds is 4. The third kappa shape index (κ3) is 3.05. The molecule has 3 rings (SSSR count). The highest BCUT2D eigenvalue weighted by molar-refractivity contribution is 5.44. The maximum atomic E-state index is 10.6. The smallest absolute Gasteiger partial charge is 0.160 e. The van der Waals surface area contributed by atoms with Gasteiger partial charge in [0, 0.05) is 11.5 Å². The highest BCUT2D eigenvalue weighted by atomic mass is 16.5. The van der Waals surface area contributed by atoms with E-state index in [2.05, 4.69) is 0 Å². The van der Waals surface area contributed by atoms with E-state index in [-0.39, 0.29) is 11.7 Å². The van der Waals surface area contributed by atoms with Crippen molar-refractivity contribution in [2.45, 2.75) is 12.5 Å². The molecule has 1 aliphatic rings. The molecule has 0 bridgehead atoms. The highest BCUT2D eigenvalue weighted by Gasteiger charge is 2.30. The molecular weight excluding hydrogens is 296 g/mol. The standard InChI is InChI=1S/C18H20O5/c1-21-16-5-3-11(8-17(16)22-2)7-12-10-23-15-6-4-13(19)9-14(15)18(12)20/h3-6,8-9,12,18-20H,7,10H2,1-2H3/t12-,18+/m1/s1. The lowest BCUT2D eigenvalue weighted by atomic mass is 9.88. The minimum atomic E-state index is -0.682. The number of ether oxygens (including phenoxy) is 3. The molecule has 0 spiro atoms. The van der Waals surface area contributed by atoms with Crippen LogP contribution in [-0.4, -0.2) is 31.0 Å². The molecule has 0 aromatic heterocycles. The fourth-order valence-electron chi connectivity index (χ4n) is 2.92. The van der Waals surface area contributed by atoms with Crippen LogP contribution in [0.3, 0.4) is 0 Å². The van der Waals surface area contributed by atoms with E-state index >= 15 is 0 Å². The van der Waals surface area contributed by atoms with Crippen LogP contribution in [0.5, 0.6) is 23.0 Å². The number of hydrogen-bond acceptors (Lipinski definition) is 5. The summed E-state index contributed by atoms with van der Waals surface area (Å²) in [5, 5.41) is 20.2. The fraction of sp³-hybridized carbons (Fsp3) is 0.333. The zero-order valence-corrected chi connectivity index (χ0v) is 13.2. The zero-order valence-electron chi connectivity index (χ0n) is 13.2. The average Bonchev–Trinajstić information content (AvgIpc) is 2.57. The monoisotopic (exact) mass is 316 g/mol. The van der Waals surface area contributed by atoms with E-state index in [9.17, 15) is 10.2 Å². The lowest BCUT2D eigenvalue weighted by Crippen LogP contribution is -2.27. The van der Waals surface area contributed by atoms with Crippen LogP contribution in [0.1, 0.15) is 17.2 Å². The molecule has 5 heteroatoms. The molecule has 23 heavy (non-hydrogen) atoms. The van der Waals surface area contributed by atoms with Crippen LogP contribution in [0.15, 0.2) is 36.4 Å². The average molecular weight is 316 g/mol. The van der Waals surface area contributed by atoms with Crippen molar-refractivity contribution in [1.29, 1.82) is 0 Å². The van der Waals surface area contributed by atoms with Crippen LogP contribution in [0, 0.1) is 5.92 Å². The Bertz CT molecular complexity index is 698. The van der Waals surface area contributed by atoms with E-state index < -0.39 is 6.10 Å². The summed E-state index contributed by atoms with van der Waals surface area (Å²) in [4.78, 5) is 0. The molecule has 2 aromatic rings. The molecule has 0 fully saturated rings. The first-order valence-corrected chi connectivity index (χ1v) is 7.47. The molecule has 0 saturated carbocycles. The lowest BCUT2D eigenvalue weighted by Gasteiger charge is -2.30. The number of aliphatic hydroxyl groups excluding tert-OH is 1. The van der Waals surface area contributed by atoms with Gasteiger partial charge in [0.15, 0.2) is 11.5 Å². The molecule has 2 N–H and O–H groups in total. The summed E-state index contributed by atoms with van der Waals surface area (Å²) in [5.74, 6) is 1.99. The van der Waals surface area contributed by atoms with Gasteiger partial charge < -0.3 is 24.4 Å². The lowest BCUT2D eigenvalue weighted by molar-refractivity contribution is 0.0505. The predicted octanol–water partition coefficient (Wildman–Crippen LogP) is 2.69. The first-order chi connectivity index (χ1) is 11.1. The van der Waals surface area contributed by atoms with Crippen molar-refractivity contribution in [3.8, 4) is 23.0 Å². The van der Waals surface area contributed by atoms with Crippen LogP contribution >= 0.6 is 0 Å². The van der Waals surface area contributed by atoms with Gasteiger partial charge in [-0.3, -0.25) is 0 Å². The molecule has 5 nitrogen and oxygen atoms in total. The molecular formula is C18H20O5. The largest absolute Gasteiger partial charge is 0.508 e. The van der Waals surface area contributed by atoms with Crippen LogP contribution < -0.4 is 14.2 Å². The van der Waals surface area contributed by atoms with Crippen LogP contribution in [0.4, 0.5) is 0 Å². The Morgan fingerprint density at radius 2 is 1.87 bits per heavy atom. The van der Waals surface area contributed by atoms with Crippen molar-refractivity contribution < 1.29 is 24.4 Å². The maximum Gasteiger partial charge on any atom is 0.160 e. The summed E-state index contributed by atoms with van der Waals surface area (Å²) in [6.07, 6.45) is -0.0460. The normalized spacial score (nSPS) is 19.6. The minimum Gasteiger partial charge on any atom is -0.508 e. The van der Waals surface area contributed by atoms with Gasteiger partial charge in [-0.2, -0.15) is 0 Å². The maximum absolute atomic E-state index is 10.6. The van der Waals surface area contributed by atoms with Crippen LogP contribution in [-0.2, 0) is 6.42 Å². The number of hydrogen-bond donors (Lipinski definition) is 2. The first kappa shape index (κ1) is 15.5. The number of fused-ring (bicyclic) bond motifs is 1. The summed E-state index contributed by atoms with van der Waals surface area (Å²) < 4.78 is 16.3. The molecule has 1 aliphatic heterocycles. The molecule has 0 unspecified atom stereocenters. The van der Waals surface area contributed by atoms with Gasteiger partial charge in [0.2, 0.25) is 0 Å². The van der Waals surface area contributed by atoms with Crippen molar-refractivity contribution in [3.05, 3.63) is 47.5 Å². The van der Waals surface area contributed by atoms with E-state index in [1.807, 2.05) is 18.2 Å². The third-order valence-electron chi connectivity index (χ3n) is 4.16. The Morgan fingerprint density at radius 1 is 1.09 bits per heavy atom. The molecule has 0 radical (unpaired) electrons. The quantitative estimate of drug-likeness (QED) is 0.908. The van der Waals surface area contributed by atoms with E-state index in [4.69, 9.17) is 14.2 Å². The first-order valence-electron chi connectivity index (χ1n) is 7.47. The van der Waals surface area contributed by atoms with Gasteiger partial charge in [0.25, 0.3) is 0 Å². The van der Waals surface area contributed by atoms with Gasteiger partial charge in [-0.1, -0.05) is 6.07 Å². The molecule has 1 heterocycles. The van der Waals surface area contributed by atoms with E-state index in [0.717, 1.165) is 5.56 Å². The topological polar surface area (TPSA) is 68.2 Å². The predicted molar refractivity (Wildman–Crippen MR) is 85.3 cm³/mol. The van der Waals surface area contributed by atoms with Crippen LogP contribution in [0.25, 0.3) is 0 Å². The van der Waals surface area contributed by atoms with E-state index in [1.165, 1.54) is 0 Å². The third-order valence-corrected chi connectivity index (χ3v) is 4.16. The SMILES string of the molecule is COc1ccc(C[C@@H]2COc3ccc(O)cc3[C@H]2O)cc1OC. The Balaban J connectivity index is 1.81. The van der Waals surface area contributed by atoms with Gasteiger partial charge in [0.05, 0.1) is 26.9 Å². The van der Waals surface area contributed by atoms with Crippen LogP contribution in [0.2, 0.25) is 0 Å². The number of phenols is 1. The minimum absolute atomic E-state index is 0.0950. The Morgan fingerprint density at radius 3 is 2.61 bits per heavy atom. The van der Waals surface area contributed by atoms with Gasteiger partial charge in [-0.05, 0) is 42.3 Å². The number of benzene rings is 2. The van der Waals surface area contributed by atoms with Gasteiger partial charge in [-0.15, -0.1) is 0 Å². The summed E-state index contributed by atoms with van der Waals surface area (Å²) in [6.45, 7) is 0.424. The zero-order chi connectivity index (χ0) is 16.4. The van der Waals surface area contributed by atoms with E-state index in [0.29, 0.717) is 35.8 Å². The van der Waals surface area contributed by atoms with Crippen molar-refractivity contribution in [2.24, 2.45) is 5.92 Å². The Hall–Kier alpha value is -2.40. The highest BCUT2D eigenvalue weighted by Crippen LogP contribution is 2.39. The van der Waals surface area contributed by atoms with Gasteiger partial charge in [-0.25, -0.2) is 0 Å². The molecule has 2 atom stereocenters. The molecule has 0 aliphatic carbocycles. The Kier molecular flexibility index (Phi) is 4.30. The van der Waals surface area contributed by atoms with Crippen molar-refractivity contribution >= 4 is 0 Å². The van der Waals surface area contributed by atoms with Gasteiger partial charge >= 0.3 is 0 Å². The summed E-state index contributed by atoms with van der Waals surface area (Å²) >= 11 is 0. The molecule has 0 saturated heterocycles.